The Labute approximate surface area is 92.8 Å². The Kier molecular flexibility index (Phi) is 9.59. The van der Waals surface area contributed by atoms with E-state index in [1.807, 2.05) is 6.92 Å². The van der Waals surface area contributed by atoms with E-state index in [0.717, 1.165) is 25.7 Å². The zero-order valence-corrected chi connectivity index (χ0v) is 10.00. The SMILES string of the molecule is CC(=O)OC(C)CCCCCCCCO. The summed E-state index contributed by atoms with van der Waals surface area (Å²) in [5, 5.41) is 8.58. The Morgan fingerprint density at radius 1 is 1.13 bits per heavy atom. The molecule has 90 valence electrons. The first-order valence-electron chi connectivity index (χ1n) is 5.95. The van der Waals surface area contributed by atoms with E-state index in [-0.39, 0.29) is 12.1 Å². The molecule has 3 nitrogen and oxygen atoms in total. The first kappa shape index (κ1) is 14.4. The number of carbonyl (C=O) groups is 1. The quantitative estimate of drug-likeness (QED) is 0.476. The minimum Gasteiger partial charge on any atom is -0.463 e. The number of ether oxygens (including phenoxy) is 1. The van der Waals surface area contributed by atoms with E-state index in [9.17, 15) is 4.79 Å². The van der Waals surface area contributed by atoms with Crippen molar-refractivity contribution in [2.24, 2.45) is 0 Å². The summed E-state index contributed by atoms with van der Waals surface area (Å²) in [6.45, 7) is 3.70. The Morgan fingerprint density at radius 2 is 1.67 bits per heavy atom. The number of hydrogen-bond acceptors (Lipinski definition) is 3. The average molecular weight is 216 g/mol. The van der Waals surface area contributed by atoms with Crippen molar-refractivity contribution in [2.45, 2.75) is 64.9 Å². The molecule has 0 saturated heterocycles. The molecule has 0 radical (unpaired) electrons. The summed E-state index contributed by atoms with van der Waals surface area (Å²) in [6.07, 6.45) is 7.78. The van der Waals surface area contributed by atoms with Gasteiger partial charge in [0.2, 0.25) is 0 Å². The van der Waals surface area contributed by atoms with E-state index >= 15 is 0 Å². The highest BCUT2D eigenvalue weighted by atomic mass is 16.5. The van der Waals surface area contributed by atoms with Crippen LogP contribution >= 0.6 is 0 Å². The number of rotatable bonds is 9. The Bertz CT molecular complexity index is 157. The topological polar surface area (TPSA) is 46.5 Å². The first-order chi connectivity index (χ1) is 7.16. The zero-order chi connectivity index (χ0) is 11.5. The summed E-state index contributed by atoms with van der Waals surface area (Å²) in [6, 6.07) is 0. The predicted molar refractivity (Wildman–Crippen MR) is 60.6 cm³/mol. The number of hydrogen-bond donors (Lipinski definition) is 1. The maximum Gasteiger partial charge on any atom is 0.302 e. The molecule has 0 aromatic heterocycles. The van der Waals surface area contributed by atoms with Crippen LogP contribution in [0.3, 0.4) is 0 Å². The van der Waals surface area contributed by atoms with E-state index < -0.39 is 0 Å². The molecular weight excluding hydrogens is 192 g/mol. The highest BCUT2D eigenvalue weighted by molar-refractivity contribution is 5.66. The van der Waals surface area contributed by atoms with Crippen molar-refractivity contribution in [3.05, 3.63) is 0 Å². The summed E-state index contributed by atoms with van der Waals surface area (Å²) in [5.74, 6) is -0.189. The molecule has 0 amide bonds. The second kappa shape index (κ2) is 9.97. The second-order valence-corrected chi connectivity index (χ2v) is 4.05. The van der Waals surface area contributed by atoms with Crippen molar-refractivity contribution in [3.8, 4) is 0 Å². The maximum atomic E-state index is 10.6. The van der Waals surface area contributed by atoms with Crippen LogP contribution in [0.25, 0.3) is 0 Å². The number of esters is 1. The van der Waals surface area contributed by atoms with Gasteiger partial charge < -0.3 is 9.84 Å². The minimum atomic E-state index is -0.189. The molecule has 0 rings (SSSR count). The van der Waals surface area contributed by atoms with Gasteiger partial charge in [-0.05, 0) is 26.2 Å². The van der Waals surface area contributed by atoms with Crippen molar-refractivity contribution in [2.75, 3.05) is 6.61 Å². The van der Waals surface area contributed by atoms with Crippen LogP contribution < -0.4 is 0 Å². The molecule has 0 bridgehead atoms. The lowest BCUT2D eigenvalue weighted by Crippen LogP contribution is -2.11. The summed E-state index contributed by atoms with van der Waals surface area (Å²) >= 11 is 0. The van der Waals surface area contributed by atoms with Gasteiger partial charge in [-0.1, -0.05) is 25.7 Å². The minimum absolute atomic E-state index is 0.0555. The molecule has 15 heavy (non-hydrogen) atoms. The maximum absolute atomic E-state index is 10.6. The Balaban J connectivity index is 3.13. The molecule has 0 aromatic carbocycles. The molecule has 0 spiro atoms. The lowest BCUT2D eigenvalue weighted by Gasteiger charge is -2.10. The standard InChI is InChI=1S/C12H24O3/c1-11(15-12(2)14)9-7-5-3-4-6-8-10-13/h11,13H,3-10H2,1-2H3. The third-order valence-electron chi connectivity index (χ3n) is 2.39. The second-order valence-electron chi connectivity index (χ2n) is 4.05. The van der Waals surface area contributed by atoms with Crippen LogP contribution in [0.2, 0.25) is 0 Å². The molecule has 3 heteroatoms. The molecule has 0 heterocycles. The van der Waals surface area contributed by atoms with Crippen molar-refractivity contribution in [1.82, 2.24) is 0 Å². The van der Waals surface area contributed by atoms with Crippen molar-refractivity contribution >= 4 is 5.97 Å². The van der Waals surface area contributed by atoms with Gasteiger partial charge in [-0.2, -0.15) is 0 Å². The van der Waals surface area contributed by atoms with E-state index in [0.29, 0.717) is 6.61 Å². The van der Waals surface area contributed by atoms with Crippen molar-refractivity contribution in [1.29, 1.82) is 0 Å². The van der Waals surface area contributed by atoms with Gasteiger partial charge in [0.25, 0.3) is 0 Å². The monoisotopic (exact) mass is 216 g/mol. The summed E-state index contributed by atoms with van der Waals surface area (Å²) in [4.78, 5) is 10.6. The number of unbranched alkanes of at least 4 members (excludes halogenated alkanes) is 5. The molecule has 1 atom stereocenters. The van der Waals surface area contributed by atoms with Crippen LogP contribution in [-0.4, -0.2) is 23.8 Å². The van der Waals surface area contributed by atoms with Crippen molar-refractivity contribution in [3.63, 3.8) is 0 Å². The van der Waals surface area contributed by atoms with Crippen LogP contribution in [0.5, 0.6) is 0 Å². The van der Waals surface area contributed by atoms with Gasteiger partial charge >= 0.3 is 5.97 Å². The first-order valence-corrected chi connectivity index (χ1v) is 5.95. The third kappa shape index (κ3) is 11.4. The van der Waals surface area contributed by atoms with E-state index in [1.165, 1.54) is 26.2 Å². The van der Waals surface area contributed by atoms with Crippen LogP contribution in [0.4, 0.5) is 0 Å². The lowest BCUT2D eigenvalue weighted by atomic mass is 10.1. The molecular formula is C12H24O3. The third-order valence-corrected chi connectivity index (χ3v) is 2.39. The van der Waals surface area contributed by atoms with Gasteiger partial charge in [0.05, 0.1) is 6.10 Å². The van der Waals surface area contributed by atoms with Gasteiger partial charge in [-0.25, -0.2) is 0 Å². The zero-order valence-electron chi connectivity index (χ0n) is 10.00. The van der Waals surface area contributed by atoms with Crippen molar-refractivity contribution < 1.29 is 14.6 Å². The fourth-order valence-electron chi connectivity index (χ4n) is 1.59. The van der Waals surface area contributed by atoms with Gasteiger partial charge in [-0.3, -0.25) is 4.79 Å². The van der Waals surface area contributed by atoms with Gasteiger partial charge in [-0.15, -0.1) is 0 Å². The molecule has 1 N–H and O–H groups in total. The molecule has 1 unspecified atom stereocenters. The fourth-order valence-corrected chi connectivity index (χ4v) is 1.59. The summed E-state index contributed by atoms with van der Waals surface area (Å²) < 4.78 is 5.02. The summed E-state index contributed by atoms with van der Waals surface area (Å²) in [5.41, 5.74) is 0. The number of carbonyl (C=O) groups excluding carboxylic acids is 1. The molecule has 0 fully saturated rings. The average Bonchev–Trinajstić information content (AvgIpc) is 2.15. The number of aliphatic hydroxyl groups is 1. The molecule has 0 aliphatic carbocycles. The normalized spacial score (nSPS) is 12.5. The lowest BCUT2D eigenvalue weighted by molar-refractivity contribution is -0.145. The molecule has 0 aromatic rings. The predicted octanol–water partition coefficient (Wildman–Crippen LogP) is 2.66. The molecule has 0 saturated carbocycles. The van der Waals surface area contributed by atoms with Gasteiger partial charge in [0, 0.05) is 13.5 Å². The molecule has 0 aliphatic heterocycles. The van der Waals surface area contributed by atoms with Crippen LogP contribution in [0.15, 0.2) is 0 Å². The Hall–Kier alpha value is -0.570. The van der Waals surface area contributed by atoms with Crippen LogP contribution in [0, 0.1) is 0 Å². The van der Waals surface area contributed by atoms with E-state index in [4.69, 9.17) is 9.84 Å². The highest BCUT2D eigenvalue weighted by Gasteiger charge is 2.04. The summed E-state index contributed by atoms with van der Waals surface area (Å²) in [7, 11) is 0. The van der Waals surface area contributed by atoms with E-state index in [2.05, 4.69) is 0 Å². The Morgan fingerprint density at radius 3 is 2.20 bits per heavy atom. The smallest absolute Gasteiger partial charge is 0.302 e. The van der Waals surface area contributed by atoms with Crippen LogP contribution in [-0.2, 0) is 9.53 Å². The molecule has 0 aliphatic rings. The largest absolute Gasteiger partial charge is 0.463 e. The fraction of sp³-hybridized carbons (Fsp3) is 0.917. The number of aliphatic hydroxyl groups excluding tert-OH is 1. The van der Waals surface area contributed by atoms with Gasteiger partial charge in [0.15, 0.2) is 0 Å². The highest BCUT2D eigenvalue weighted by Crippen LogP contribution is 2.10. The van der Waals surface area contributed by atoms with Crippen LogP contribution in [0.1, 0.15) is 58.8 Å². The van der Waals surface area contributed by atoms with Gasteiger partial charge in [0.1, 0.15) is 0 Å². The van der Waals surface area contributed by atoms with E-state index in [1.54, 1.807) is 0 Å².